The molecule has 0 radical (unpaired) electrons. The van der Waals surface area contributed by atoms with Crippen LogP contribution in [-0.4, -0.2) is 33.8 Å². The minimum atomic E-state index is -0.693. The van der Waals surface area contributed by atoms with Crippen LogP contribution in [0.4, 0.5) is 11.6 Å². The summed E-state index contributed by atoms with van der Waals surface area (Å²) in [4.78, 5) is 9.88. The highest BCUT2D eigenvalue weighted by Gasteiger charge is 2.30. The van der Waals surface area contributed by atoms with Crippen molar-refractivity contribution >= 4 is 23.2 Å². The quantitative estimate of drug-likeness (QED) is 0.770. The summed E-state index contributed by atoms with van der Waals surface area (Å²) in [7, 11) is 0. The molecule has 1 saturated heterocycles. The van der Waals surface area contributed by atoms with Gasteiger partial charge in [0.15, 0.2) is 5.82 Å². The van der Waals surface area contributed by atoms with Crippen LogP contribution in [0.3, 0.4) is 0 Å². The summed E-state index contributed by atoms with van der Waals surface area (Å²) in [6, 6.07) is 0. The Balaban J connectivity index is 2.27. The maximum absolute atomic E-state index is 10.0. The van der Waals surface area contributed by atoms with Gasteiger partial charge < -0.3 is 15.7 Å². The van der Waals surface area contributed by atoms with Crippen molar-refractivity contribution in [1.29, 1.82) is 0 Å². The molecule has 5 nitrogen and oxygen atoms in total. The van der Waals surface area contributed by atoms with Crippen molar-refractivity contribution in [1.82, 2.24) is 9.97 Å². The van der Waals surface area contributed by atoms with Crippen molar-refractivity contribution in [3.8, 4) is 0 Å². The van der Waals surface area contributed by atoms with Crippen LogP contribution < -0.4 is 10.6 Å². The van der Waals surface area contributed by atoms with Gasteiger partial charge in [0, 0.05) is 13.1 Å². The minimum absolute atomic E-state index is 0.275. The van der Waals surface area contributed by atoms with Gasteiger partial charge >= 0.3 is 0 Å². The number of nitrogen functional groups attached to an aromatic ring is 1. The topological polar surface area (TPSA) is 75.3 Å². The predicted octanol–water partition coefficient (Wildman–Crippen LogP) is 1.06. The number of hydrogen-bond acceptors (Lipinski definition) is 5. The van der Waals surface area contributed by atoms with E-state index in [1.165, 1.54) is 6.33 Å². The zero-order valence-electron chi connectivity index (χ0n) is 9.15. The van der Waals surface area contributed by atoms with Crippen molar-refractivity contribution in [2.24, 2.45) is 0 Å². The van der Waals surface area contributed by atoms with E-state index in [2.05, 4.69) is 9.97 Å². The third-order valence-corrected chi connectivity index (χ3v) is 3.14. The molecule has 2 heterocycles. The number of hydrogen-bond donors (Lipinski definition) is 2. The summed E-state index contributed by atoms with van der Waals surface area (Å²) in [6.45, 7) is 3.16. The average molecular weight is 243 g/mol. The zero-order chi connectivity index (χ0) is 11.8. The molecule has 1 aromatic heterocycles. The zero-order valence-corrected chi connectivity index (χ0v) is 9.91. The number of nitrogens with zero attached hydrogens (tertiary/aromatic N) is 3. The third-order valence-electron chi connectivity index (χ3n) is 2.77. The lowest BCUT2D eigenvalue weighted by atomic mass is 9.95. The molecule has 16 heavy (non-hydrogen) atoms. The molecule has 0 aliphatic carbocycles. The maximum Gasteiger partial charge on any atom is 0.153 e. The number of piperidine rings is 1. The van der Waals surface area contributed by atoms with E-state index in [4.69, 9.17) is 17.3 Å². The van der Waals surface area contributed by atoms with Crippen LogP contribution in [-0.2, 0) is 0 Å². The number of aromatic nitrogens is 2. The minimum Gasteiger partial charge on any atom is -0.388 e. The van der Waals surface area contributed by atoms with Crippen molar-refractivity contribution in [2.45, 2.75) is 25.4 Å². The molecule has 1 unspecified atom stereocenters. The van der Waals surface area contributed by atoms with E-state index < -0.39 is 5.60 Å². The third kappa shape index (κ3) is 2.20. The Morgan fingerprint density at radius 2 is 2.31 bits per heavy atom. The molecule has 1 fully saturated rings. The molecule has 3 N–H and O–H groups in total. The number of nitrogens with two attached hydrogens (primary N) is 1. The molecule has 0 bridgehead atoms. The summed E-state index contributed by atoms with van der Waals surface area (Å²) in [5, 5.41) is 10.4. The molecule has 1 aliphatic rings. The summed E-state index contributed by atoms with van der Waals surface area (Å²) < 4.78 is 0. The van der Waals surface area contributed by atoms with E-state index in [1.807, 2.05) is 11.8 Å². The molecule has 2 rings (SSSR count). The van der Waals surface area contributed by atoms with Gasteiger partial charge in [0.05, 0.1) is 5.60 Å². The van der Waals surface area contributed by atoms with Crippen LogP contribution in [0.2, 0.25) is 5.02 Å². The van der Waals surface area contributed by atoms with E-state index in [0.29, 0.717) is 17.4 Å². The Morgan fingerprint density at radius 3 is 3.00 bits per heavy atom. The molecule has 1 aliphatic heterocycles. The summed E-state index contributed by atoms with van der Waals surface area (Å²) in [6.07, 6.45) is 3.09. The fourth-order valence-corrected chi connectivity index (χ4v) is 2.21. The van der Waals surface area contributed by atoms with Crippen LogP contribution in [0.5, 0.6) is 0 Å². The highest BCUT2D eigenvalue weighted by atomic mass is 35.5. The predicted molar refractivity (Wildman–Crippen MR) is 63.5 cm³/mol. The van der Waals surface area contributed by atoms with Crippen molar-refractivity contribution in [2.75, 3.05) is 23.7 Å². The van der Waals surface area contributed by atoms with E-state index in [1.54, 1.807) is 0 Å². The van der Waals surface area contributed by atoms with Gasteiger partial charge in [0.1, 0.15) is 17.2 Å². The smallest absolute Gasteiger partial charge is 0.153 e. The first-order valence-corrected chi connectivity index (χ1v) is 5.61. The van der Waals surface area contributed by atoms with E-state index in [0.717, 1.165) is 19.4 Å². The Kier molecular flexibility index (Phi) is 2.90. The Labute approximate surface area is 99.3 Å². The molecular formula is C10H15ClN4O. The molecule has 0 aromatic carbocycles. The maximum atomic E-state index is 10.0. The lowest BCUT2D eigenvalue weighted by Gasteiger charge is -2.37. The van der Waals surface area contributed by atoms with Gasteiger partial charge in [-0.2, -0.15) is 0 Å². The molecule has 1 aromatic rings. The summed E-state index contributed by atoms with van der Waals surface area (Å²) in [5.74, 6) is 0.881. The Hall–Kier alpha value is -1.07. The van der Waals surface area contributed by atoms with Gasteiger partial charge in [-0.25, -0.2) is 9.97 Å². The van der Waals surface area contributed by atoms with Gasteiger partial charge in [-0.05, 0) is 19.8 Å². The standard InChI is InChI=1S/C10H15ClN4O/c1-10(16)3-2-4-15(5-10)9-7(11)8(12)13-6-14-9/h6,16H,2-5H2,1H3,(H2,12,13,14). The van der Waals surface area contributed by atoms with Crippen molar-refractivity contribution in [3.05, 3.63) is 11.3 Å². The average Bonchev–Trinajstić information content (AvgIpc) is 2.20. The highest BCUT2D eigenvalue weighted by Crippen LogP contribution is 2.31. The molecule has 88 valence electrons. The van der Waals surface area contributed by atoms with E-state index in [-0.39, 0.29) is 5.82 Å². The number of rotatable bonds is 1. The fourth-order valence-electron chi connectivity index (χ4n) is 1.99. The van der Waals surface area contributed by atoms with E-state index in [9.17, 15) is 5.11 Å². The number of halogens is 1. The van der Waals surface area contributed by atoms with Crippen LogP contribution in [0.1, 0.15) is 19.8 Å². The van der Waals surface area contributed by atoms with Gasteiger partial charge in [0.2, 0.25) is 0 Å². The van der Waals surface area contributed by atoms with Gasteiger partial charge in [0.25, 0.3) is 0 Å². The second-order valence-electron chi connectivity index (χ2n) is 4.42. The summed E-state index contributed by atoms with van der Waals surface area (Å²) >= 11 is 6.05. The van der Waals surface area contributed by atoms with Crippen LogP contribution in [0, 0.1) is 0 Å². The van der Waals surface area contributed by atoms with Crippen molar-refractivity contribution < 1.29 is 5.11 Å². The number of anilines is 2. The van der Waals surface area contributed by atoms with E-state index >= 15 is 0 Å². The van der Waals surface area contributed by atoms with Crippen LogP contribution in [0.15, 0.2) is 6.33 Å². The van der Waals surface area contributed by atoms with Crippen LogP contribution >= 0.6 is 11.6 Å². The second-order valence-corrected chi connectivity index (χ2v) is 4.80. The first-order valence-electron chi connectivity index (χ1n) is 5.23. The van der Waals surface area contributed by atoms with Gasteiger partial charge in [-0.3, -0.25) is 0 Å². The molecule has 1 atom stereocenters. The molecule has 0 saturated carbocycles. The van der Waals surface area contributed by atoms with Crippen LogP contribution in [0.25, 0.3) is 0 Å². The lowest BCUT2D eigenvalue weighted by Crippen LogP contribution is -2.46. The highest BCUT2D eigenvalue weighted by molar-refractivity contribution is 6.35. The second kappa shape index (κ2) is 4.07. The Morgan fingerprint density at radius 1 is 1.56 bits per heavy atom. The number of aliphatic hydroxyl groups is 1. The lowest BCUT2D eigenvalue weighted by molar-refractivity contribution is 0.0447. The first-order chi connectivity index (χ1) is 7.49. The number of β-amino-alcohol motifs (C(OH)–C–C–N with tert-alkyl or cyclic N) is 1. The molecular weight excluding hydrogens is 228 g/mol. The van der Waals surface area contributed by atoms with Gasteiger partial charge in [-0.15, -0.1) is 0 Å². The van der Waals surface area contributed by atoms with Gasteiger partial charge in [-0.1, -0.05) is 11.6 Å². The first kappa shape index (κ1) is 11.4. The largest absolute Gasteiger partial charge is 0.388 e. The molecule has 0 spiro atoms. The summed E-state index contributed by atoms with van der Waals surface area (Å²) in [5.41, 5.74) is 4.93. The fraction of sp³-hybridized carbons (Fsp3) is 0.600. The monoisotopic (exact) mass is 242 g/mol. The molecule has 6 heteroatoms. The Bertz CT molecular complexity index is 396. The van der Waals surface area contributed by atoms with Crippen molar-refractivity contribution in [3.63, 3.8) is 0 Å². The normalized spacial score (nSPS) is 25.8. The molecule has 0 amide bonds. The SMILES string of the molecule is CC1(O)CCCN(c2ncnc(N)c2Cl)C1.